The molecule has 1 aliphatic carbocycles. The highest BCUT2D eigenvalue weighted by Gasteiger charge is 2.35. The molecule has 38 heavy (non-hydrogen) atoms. The van der Waals surface area contributed by atoms with Crippen LogP contribution in [0.25, 0.3) is 22.8 Å². The van der Waals surface area contributed by atoms with Gasteiger partial charge in [0.25, 0.3) is 0 Å². The van der Waals surface area contributed by atoms with Crippen molar-refractivity contribution in [2.45, 2.75) is 44.9 Å². The van der Waals surface area contributed by atoms with Crippen molar-refractivity contribution in [1.29, 1.82) is 0 Å². The maximum absolute atomic E-state index is 15.2. The van der Waals surface area contributed by atoms with Gasteiger partial charge in [0.15, 0.2) is 11.5 Å². The SMILES string of the molecule is CCc1cc(COc2ccnc(-c3c(OC)ncnc3C3CC3)n2)cc(F)c1-c1nc(C(F)(F)F)cn1C. The van der Waals surface area contributed by atoms with E-state index in [-0.39, 0.29) is 23.9 Å². The summed E-state index contributed by atoms with van der Waals surface area (Å²) in [6.07, 6.45) is 1.62. The van der Waals surface area contributed by atoms with Crippen LogP contribution in [-0.4, -0.2) is 36.6 Å². The standard InChI is InChI=1S/C26H24F4N6O2/c1-4-15-9-14(10-17(27)20(15)24-34-18(11-36(24)2)26(28,29)30)12-38-19-7-8-31-23(35-19)21-22(16-5-6-16)32-13-33-25(21)37-3/h7-11,13,16H,4-6,12H2,1-3H3. The lowest BCUT2D eigenvalue weighted by molar-refractivity contribution is -0.140. The molecule has 12 heteroatoms. The third-order valence-electron chi connectivity index (χ3n) is 6.24. The lowest BCUT2D eigenvalue weighted by atomic mass is 10.0. The molecule has 1 fully saturated rings. The number of hydrogen-bond donors (Lipinski definition) is 0. The van der Waals surface area contributed by atoms with Crippen molar-refractivity contribution in [3.8, 4) is 34.5 Å². The Morgan fingerprint density at radius 1 is 1.08 bits per heavy atom. The van der Waals surface area contributed by atoms with Crippen LogP contribution in [0.2, 0.25) is 0 Å². The number of aromatic nitrogens is 6. The summed E-state index contributed by atoms with van der Waals surface area (Å²) in [6, 6.07) is 4.51. The van der Waals surface area contributed by atoms with Gasteiger partial charge in [0.2, 0.25) is 11.8 Å². The summed E-state index contributed by atoms with van der Waals surface area (Å²) < 4.78 is 67.1. The molecule has 0 bridgehead atoms. The molecule has 0 N–H and O–H groups in total. The molecule has 0 atom stereocenters. The number of rotatable bonds is 8. The van der Waals surface area contributed by atoms with Crippen LogP contribution in [0.15, 0.2) is 36.9 Å². The van der Waals surface area contributed by atoms with E-state index in [2.05, 4.69) is 24.9 Å². The smallest absolute Gasteiger partial charge is 0.434 e. The molecule has 1 aromatic carbocycles. The van der Waals surface area contributed by atoms with Gasteiger partial charge in [0.1, 0.15) is 30.1 Å². The molecule has 0 saturated heterocycles. The fourth-order valence-corrected chi connectivity index (χ4v) is 4.29. The van der Waals surface area contributed by atoms with Gasteiger partial charge in [-0.25, -0.2) is 24.3 Å². The fourth-order valence-electron chi connectivity index (χ4n) is 4.29. The number of imidazole rings is 1. The Labute approximate surface area is 215 Å². The quantitative estimate of drug-likeness (QED) is 0.278. The van der Waals surface area contributed by atoms with Gasteiger partial charge in [-0.05, 0) is 36.5 Å². The van der Waals surface area contributed by atoms with Crippen LogP contribution >= 0.6 is 0 Å². The Bertz CT molecular complexity index is 1480. The zero-order valence-corrected chi connectivity index (χ0v) is 20.9. The number of alkyl halides is 3. The van der Waals surface area contributed by atoms with Gasteiger partial charge in [-0.1, -0.05) is 13.0 Å². The summed E-state index contributed by atoms with van der Waals surface area (Å²) in [5.74, 6) is 0.498. The Morgan fingerprint density at radius 2 is 1.87 bits per heavy atom. The van der Waals surface area contributed by atoms with E-state index in [1.807, 2.05) is 0 Å². The van der Waals surface area contributed by atoms with Gasteiger partial charge in [-0.3, -0.25) is 0 Å². The Morgan fingerprint density at radius 3 is 2.53 bits per heavy atom. The molecule has 0 spiro atoms. The van der Waals surface area contributed by atoms with Gasteiger partial charge in [0, 0.05) is 31.4 Å². The average Bonchev–Trinajstić information content (AvgIpc) is 3.67. The minimum absolute atomic E-state index is 0.0209. The third kappa shape index (κ3) is 5.02. The number of halogens is 4. The van der Waals surface area contributed by atoms with E-state index < -0.39 is 17.7 Å². The second-order valence-electron chi connectivity index (χ2n) is 8.95. The fraction of sp³-hybridized carbons (Fsp3) is 0.346. The van der Waals surface area contributed by atoms with Crippen molar-refractivity contribution in [3.63, 3.8) is 0 Å². The van der Waals surface area contributed by atoms with E-state index in [4.69, 9.17) is 9.47 Å². The van der Waals surface area contributed by atoms with E-state index >= 15 is 4.39 Å². The zero-order valence-electron chi connectivity index (χ0n) is 20.9. The monoisotopic (exact) mass is 528 g/mol. The first kappa shape index (κ1) is 25.6. The zero-order chi connectivity index (χ0) is 27.0. The lowest BCUT2D eigenvalue weighted by Gasteiger charge is -2.14. The Kier molecular flexibility index (Phi) is 6.72. The lowest BCUT2D eigenvalue weighted by Crippen LogP contribution is -2.06. The van der Waals surface area contributed by atoms with Crippen molar-refractivity contribution >= 4 is 0 Å². The van der Waals surface area contributed by atoms with Crippen LogP contribution in [0.3, 0.4) is 0 Å². The van der Waals surface area contributed by atoms with E-state index in [1.54, 1.807) is 25.3 Å². The Hall–Kier alpha value is -4.09. The Balaban J connectivity index is 1.41. The number of nitrogens with zero attached hydrogens (tertiary/aromatic N) is 6. The normalized spacial score (nSPS) is 13.6. The number of benzene rings is 1. The number of aryl methyl sites for hydroxylation is 2. The van der Waals surface area contributed by atoms with E-state index in [9.17, 15) is 13.2 Å². The van der Waals surface area contributed by atoms with Crippen molar-refractivity contribution < 1.29 is 27.0 Å². The average molecular weight is 529 g/mol. The van der Waals surface area contributed by atoms with Crippen LogP contribution in [0.5, 0.6) is 11.8 Å². The molecule has 4 aromatic rings. The third-order valence-corrected chi connectivity index (χ3v) is 6.24. The predicted octanol–water partition coefficient (Wildman–Crippen LogP) is 5.52. The molecule has 1 saturated carbocycles. The summed E-state index contributed by atoms with van der Waals surface area (Å²) in [6.45, 7) is 1.77. The van der Waals surface area contributed by atoms with Crippen molar-refractivity contribution in [1.82, 2.24) is 29.5 Å². The molecule has 0 amide bonds. The van der Waals surface area contributed by atoms with E-state index in [0.717, 1.165) is 24.7 Å². The van der Waals surface area contributed by atoms with Gasteiger partial charge < -0.3 is 14.0 Å². The molecule has 0 unspecified atom stereocenters. The van der Waals surface area contributed by atoms with Gasteiger partial charge in [-0.2, -0.15) is 18.2 Å². The highest BCUT2D eigenvalue weighted by molar-refractivity contribution is 5.66. The topological polar surface area (TPSA) is 87.8 Å². The molecule has 0 aliphatic heterocycles. The van der Waals surface area contributed by atoms with Gasteiger partial charge in [0.05, 0.1) is 18.4 Å². The highest BCUT2D eigenvalue weighted by Crippen LogP contribution is 2.45. The van der Waals surface area contributed by atoms with Crippen LogP contribution < -0.4 is 9.47 Å². The molecule has 5 rings (SSSR count). The predicted molar refractivity (Wildman–Crippen MR) is 129 cm³/mol. The highest BCUT2D eigenvalue weighted by atomic mass is 19.4. The second kappa shape index (κ2) is 9.99. The molecule has 3 heterocycles. The maximum atomic E-state index is 15.2. The molecule has 8 nitrogen and oxygen atoms in total. The maximum Gasteiger partial charge on any atom is 0.434 e. The van der Waals surface area contributed by atoms with Crippen molar-refractivity contribution in [2.24, 2.45) is 7.05 Å². The number of methoxy groups -OCH3 is 1. The molecular weight excluding hydrogens is 504 g/mol. The second-order valence-corrected chi connectivity index (χ2v) is 8.95. The van der Waals surface area contributed by atoms with Crippen LogP contribution in [-0.2, 0) is 26.3 Å². The number of hydrogen-bond acceptors (Lipinski definition) is 7. The van der Waals surface area contributed by atoms with Gasteiger partial charge >= 0.3 is 6.18 Å². The minimum atomic E-state index is -4.63. The summed E-state index contributed by atoms with van der Waals surface area (Å²) in [7, 11) is 2.92. The first-order chi connectivity index (χ1) is 18.2. The molecule has 0 radical (unpaired) electrons. The summed E-state index contributed by atoms with van der Waals surface area (Å²) in [5, 5.41) is 0. The molecular formula is C26H24F4N6O2. The van der Waals surface area contributed by atoms with Crippen LogP contribution in [0.4, 0.5) is 17.6 Å². The first-order valence-corrected chi connectivity index (χ1v) is 12.0. The van der Waals surface area contributed by atoms with Crippen molar-refractivity contribution in [3.05, 3.63) is 65.3 Å². The summed E-state index contributed by atoms with van der Waals surface area (Å²) >= 11 is 0. The summed E-state index contributed by atoms with van der Waals surface area (Å²) in [5.41, 5.74) is 1.39. The molecule has 198 valence electrons. The van der Waals surface area contributed by atoms with E-state index in [0.29, 0.717) is 40.7 Å². The van der Waals surface area contributed by atoms with Crippen LogP contribution in [0, 0.1) is 5.82 Å². The summed E-state index contributed by atoms with van der Waals surface area (Å²) in [4.78, 5) is 21.1. The molecule has 1 aliphatic rings. The number of ether oxygens (including phenoxy) is 2. The van der Waals surface area contributed by atoms with Crippen LogP contribution in [0.1, 0.15) is 48.2 Å². The molecule has 3 aromatic heterocycles. The first-order valence-electron chi connectivity index (χ1n) is 12.0. The largest absolute Gasteiger partial charge is 0.480 e. The minimum Gasteiger partial charge on any atom is -0.480 e. The van der Waals surface area contributed by atoms with Crippen molar-refractivity contribution in [2.75, 3.05) is 7.11 Å². The van der Waals surface area contributed by atoms with E-state index in [1.165, 1.54) is 31.1 Å². The van der Waals surface area contributed by atoms with Gasteiger partial charge in [-0.15, -0.1) is 0 Å².